The van der Waals surface area contributed by atoms with Crippen molar-refractivity contribution in [3.63, 3.8) is 0 Å². The number of likely N-dealkylation sites (tertiary alicyclic amines) is 1. The Hall–Kier alpha value is -1.46. The number of hydrogen-bond donors (Lipinski definition) is 0. The van der Waals surface area contributed by atoms with Crippen molar-refractivity contribution >= 4 is 5.97 Å². The van der Waals surface area contributed by atoms with Crippen molar-refractivity contribution in [2.75, 3.05) is 13.1 Å². The number of piperidine rings is 1. The van der Waals surface area contributed by atoms with Gasteiger partial charge in [0.05, 0.1) is 12.0 Å². The van der Waals surface area contributed by atoms with Crippen LogP contribution in [0.1, 0.15) is 70.4 Å². The molecule has 5 heteroatoms. The van der Waals surface area contributed by atoms with E-state index in [1.165, 1.54) is 37.7 Å². The van der Waals surface area contributed by atoms with E-state index in [2.05, 4.69) is 29.8 Å². The van der Waals surface area contributed by atoms with Crippen LogP contribution in [0.5, 0.6) is 0 Å². The molecule has 6 rings (SSSR count). The van der Waals surface area contributed by atoms with Crippen LogP contribution in [0.4, 0.5) is 0 Å². The molecule has 162 valence electrons. The van der Waals surface area contributed by atoms with E-state index in [9.17, 15) is 4.79 Å². The first-order valence-electron chi connectivity index (χ1n) is 12.1. The maximum atomic E-state index is 13.1. The number of rotatable bonds is 3. The van der Waals surface area contributed by atoms with E-state index in [-0.39, 0.29) is 41.0 Å². The zero-order valence-electron chi connectivity index (χ0n) is 18.3. The molecule has 0 radical (unpaired) electrons. The van der Waals surface area contributed by atoms with E-state index in [0.29, 0.717) is 12.0 Å². The van der Waals surface area contributed by atoms with E-state index in [1.807, 2.05) is 18.5 Å². The maximum Gasteiger partial charge on any atom is 0.311 e. The normalized spacial score (nSPS) is 47.7. The molecular formula is C25H34N2O3. The molecule has 4 heterocycles. The van der Waals surface area contributed by atoms with Gasteiger partial charge in [0.2, 0.25) is 0 Å². The SMILES string of the molecule is CC1CCCC2(C)CC3OC(=O)C(CN4CCCCC4c4cccnc4)C3C3OC132. The Morgan fingerprint density at radius 3 is 3.00 bits per heavy atom. The molecule has 2 aliphatic carbocycles. The Balaban J connectivity index is 1.27. The number of nitrogens with zero attached hydrogens (tertiary/aromatic N) is 2. The molecule has 30 heavy (non-hydrogen) atoms. The van der Waals surface area contributed by atoms with Gasteiger partial charge in [0.25, 0.3) is 0 Å². The number of aromatic nitrogens is 1. The molecule has 0 aromatic carbocycles. The molecular weight excluding hydrogens is 376 g/mol. The van der Waals surface area contributed by atoms with Crippen LogP contribution in [-0.2, 0) is 14.3 Å². The van der Waals surface area contributed by atoms with Gasteiger partial charge in [0, 0.05) is 36.3 Å². The summed E-state index contributed by atoms with van der Waals surface area (Å²) in [5.41, 5.74) is 1.43. The molecule has 5 aliphatic rings. The molecule has 1 spiro atoms. The van der Waals surface area contributed by atoms with Gasteiger partial charge < -0.3 is 9.47 Å². The van der Waals surface area contributed by atoms with Gasteiger partial charge in [-0.25, -0.2) is 0 Å². The number of pyridine rings is 1. The highest BCUT2D eigenvalue weighted by atomic mass is 16.6. The Kier molecular flexibility index (Phi) is 4.34. The van der Waals surface area contributed by atoms with Gasteiger partial charge >= 0.3 is 5.97 Å². The second-order valence-electron chi connectivity index (χ2n) is 10.8. The van der Waals surface area contributed by atoms with Crippen LogP contribution in [-0.4, -0.2) is 46.8 Å². The number of carbonyl (C=O) groups excluding carboxylic acids is 1. The summed E-state index contributed by atoms with van der Waals surface area (Å²) in [6.07, 6.45) is 12.4. The minimum absolute atomic E-state index is 0.0106. The average Bonchev–Trinajstić information content (AvgIpc) is 3.44. The predicted molar refractivity (Wildman–Crippen MR) is 113 cm³/mol. The highest BCUT2D eigenvalue weighted by Crippen LogP contribution is 2.70. The van der Waals surface area contributed by atoms with Crippen LogP contribution in [0.3, 0.4) is 0 Å². The van der Waals surface area contributed by atoms with Crippen LogP contribution in [0, 0.1) is 23.2 Å². The Morgan fingerprint density at radius 1 is 1.27 bits per heavy atom. The molecule has 1 aromatic rings. The predicted octanol–water partition coefficient (Wildman–Crippen LogP) is 4.13. The van der Waals surface area contributed by atoms with Crippen LogP contribution in [0.2, 0.25) is 0 Å². The third-order valence-electron chi connectivity index (χ3n) is 9.31. The van der Waals surface area contributed by atoms with Crippen molar-refractivity contribution in [3.05, 3.63) is 30.1 Å². The molecule has 0 bridgehead atoms. The maximum absolute atomic E-state index is 13.1. The van der Waals surface area contributed by atoms with Crippen molar-refractivity contribution in [1.82, 2.24) is 9.88 Å². The van der Waals surface area contributed by atoms with Crippen LogP contribution < -0.4 is 0 Å². The molecule has 8 atom stereocenters. The van der Waals surface area contributed by atoms with Crippen LogP contribution in [0.15, 0.2) is 24.5 Å². The first-order valence-corrected chi connectivity index (χ1v) is 12.1. The third-order valence-corrected chi connectivity index (χ3v) is 9.31. The summed E-state index contributed by atoms with van der Waals surface area (Å²) < 4.78 is 12.7. The Bertz CT molecular complexity index is 831. The lowest BCUT2D eigenvalue weighted by molar-refractivity contribution is -0.147. The van der Waals surface area contributed by atoms with Gasteiger partial charge in [-0.1, -0.05) is 32.8 Å². The van der Waals surface area contributed by atoms with Crippen LogP contribution in [0.25, 0.3) is 0 Å². The minimum atomic E-state index is -0.0599. The second-order valence-corrected chi connectivity index (χ2v) is 10.8. The van der Waals surface area contributed by atoms with Gasteiger partial charge in [-0.3, -0.25) is 14.7 Å². The standard InChI is InChI=1S/C25H34N2O3/c1-16-7-5-10-24(2)13-20-21(22-25(16,24)30-22)18(23(28)29-20)15-27-12-4-3-9-19(27)17-8-6-11-26-14-17/h6,8,11,14,16,18-22H,3-5,7,9-10,12-13,15H2,1-2H3. The van der Waals surface area contributed by atoms with E-state index < -0.39 is 0 Å². The number of esters is 1. The molecule has 3 saturated heterocycles. The molecule has 8 unspecified atom stereocenters. The van der Waals surface area contributed by atoms with E-state index in [1.54, 1.807) is 0 Å². The fourth-order valence-corrected chi connectivity index (χ4v) is 7.86. The Labute approximate surface area is 179 Å². The monoisotopic (exact) mass is 410 g/mol. The van der Waals surface area contributed by atoms with Crippen molar-refractivity contribution < 1.29 is 14.3 Å². The van der Waals surface area contributed by atoms with Crippen LogP contribution >= 0.6 is 0 Å². The summed E-state index contributed by atoms with van der Waals surface area (Å²) in [6.45, 7) is 6.60. The molecule has 1 aromatic heterocycles. The molecule has 5 nitrogen and oxygen atoms in total. The van der Waals surface area contributed by atoms with Gasteiger partial charge in [0.1, 0.15) is 11.7 Å². The van der Waals surface area contributed by atoms with E-state index >= 15 is 0 Å². The summed E-state index contributed by atoms with van der Waals surface area (Å²) in [6, 6.07) is 4.56. The third kappa shape index (κ3) is 2.60. The molecule has 0 amide bonds. The number of epoxide rings is 1. The highest BCUT2D eigenvalue weighted by molar-refractivity contribution is 5.76. The van der Waals surface area contributed by atoms with Crippen molar-refractivity contribution in [2.45, 2.75) is 82.6 Å². The number of carbonyl (C=O) groups is 1. The smallest absolute Gasteiger partial charge is 0.311 e. The lowest BCUT2D eigenvalue weighted by Gasteiger charge is -2.49. The molecule has 5 fully saturated rings. The fourth-order valence-electron chi connectivity index (χ4n) is 7.86. The largest absolute Gasteiger partial charge is 0.462 e. The quantitative estimate of drug-likeness (QED) is 0.554. The zero-order valence-corrected chi connectivity index (χ0v) is 18.3. The van der Waals surface area contributed by atoms with Gasteiger partial charge in [-0.15, -0.1) is 0 Å². The minimum Gasteiger partial charge on any atom is -0.462 e. The van der Waals surface area contributed by atoms with Gasteiger partial charge in [-0.05, 0) is 56.2 Å². The lowest BCUT2D eigenvalue weighted by atomic mass is 9.53. The highest BCUT2D eigenvalue weighted by Gasteiger charge is 2.78. The summed E-state index contributed by atoms with van der Waals surface area (Å²) in [4.78, 5) is 20.0. The molecule has 2 saturated carbocycles. The van der Waals surface area contributed by atoms with E-state index in [0.717, 1.165) is 25.9 Å². The van der Waals surface area contributed by atoms with Gasteiger partial charge in [0.15, 0.2) is 0 Å². The summed E-state index contributed by atoms with van der Waals surface area (Å²) >= 11 is 0. The average molecular weight is 411 g/mol. The van der Waals surface area contributed by atoms with E-state index in [4.69, 9.17) is 9.47 Å². The number of fused-ring (bicyclic) bond motifs is 2. The lowest BCUT2D eigenvalue weighted by Crippen LogP contribution is -2.54. The first-order chi connectivity index (χ1) is 14.5. The fraction of sp³-hybridized carbons (Fsp3) is 0.760. The summed E-state index contributed by atoms with van der Waals surface area (Å²) in [5, 5.41) is 0. The molecule has 0 N–H and O–H groups in total. The zero-order chi connectivity index (χ0) is 20.5. The number of hydrogen-bond acceptors (Lipinski definition) is 5. The van der Waals surface area contributed by atoms with Crippen molar-refractivity contribution in [2.24, 2.45) is 23.2 Å². The van der Waals surface area contributed by atoms with Crippen molar-refractivity contribution in [1.29, 1.82) is 0 Å². The van der Waals surface area contributed by atoms with Gasteiger partial charge in [-0.2, -0.15) is 0 Å². The molecule has 3 aliphatic heterocycles. The first kappa shape index (κ1) is 19.2. The number of ether oxygens (including phenoxy) is 2. The Morgan fingerprint density at radius 2 is 2.17 bits per heavy atom. The summed E-state index contributed by atoms with van der Waals surface area (Å²) in [5.74, 6) is 0.760. The topological polar surface area (TPSA) is 55.0 Å². The second kappa shape index (κ2) is 6.77. The van der Waals surface area contributed by atoms with Crippen molar-refractivity contribution in [3.8, 4) is 0 Å². The summed E-state index contributed by atoms with van der Waals surface area (Å²) in [7, 11) is 0.